The highest BCUT2D eigenvalue weighted by Gasteiger charge is 2.18. The lowest BCUT2D eigenvalue weighted by molar-refractivity contribution is 1.59. The Labute approximate surface area is 311 Å². The van der Waals surface area contributed by atoms with E-state index < -0.39 is 0 Å². The van der Waals surface area contributed by atoms with Gasteiger partial charge in [0, 0.05) is 20.2 Å². The minimum atomic E-state index is 1.21. The molecule has 0 fully saturated rings. The topological polar surface area (TPSA) is 0 Å². The second-order valence-electron chi connectivity index (χ2n) is 14.0. The van der Waals surface area contributed by atoms with Gasteiger partial charge in [-0.1, -0.05) is 176 Å². The molecule has 53 heavy (non-hydrogen) atoms. The van der Waals surface area contributed by atoms with Gasteiger partial charge in [-0.25, -0.2) is 0 Å². The minimum Gasteiger partial charge on any atom is -0.135 e. The van der Waals surface area contributed by atoms with Crippen LogP contribution in [0.25, 0.3) is 108 Å². The van der Waals surface area contributed by atoms with Crippen molar-refractivity contribution in [2.75, 3.05) is 0 Å². The second-order valence-corrected chi connectivity index (χ2v) is 15.1. The monoisotopic (exact) mass is 688 g/mol. The molecule has 0 spiro atoms. The van der Waals surface area contributed by atoms with Crippen molar-refractivity contribution in [2.45, 2.75) is 0 Å². The number of benzene rings is 10. The van der Waals surface area contributed by atoms with Gasteiger partial charge >= 0.3 is 0 Å². The molecule has 0 aliphatic carbocycles. The van der Waals surface area contributed by atoms with E-state index in [4.69, 9.17) is 0 Å². The van der Waals surface area contributed by atoms with Crippen molar-refractivity contribution < 1.29 is 0 Å². The van der Waals surface area contributed by atoms with Crippen molar-refractivity contribution in [3.8, 4) is 44.5 Å². The Morgan fingerprint density at radius 1 is 0.264 bits per heavy atom. The van der Waals surface area contributed by atoms with Crippen molar-refractivity contribution in [1.29, 1.82) is 0 Å². The van der Waals surface area contributed by atoms with Crippen LogP contribution in [0.15, 0.2) is 194 Å². The largest absolute Gasteiger partial charge is 0.135 e. The fraction of sp³-hybridized carbons (Fsp3) is 0. The van der Waals surface area contributed by atoms with Crippen LogP contribution in [0, 0.1) is 0 Å². The number of thiophene rings is 1. The van der Waals surface area contributed by atoms with Crippen LogP contribution in [0.1, 0.15) is 0 Å². The van der Waals surface area contributed by atoms with E-state index in [0.717, 1.165) is 0 Å². The van der Waals surface area contributed by atoms with Gasteiger partial charge in [0.2, 0.25) is 0 Å². The molecule has 0 saturated carbocycles. The molecule has 246 valence electrons. The SMILES string of the molecule is c1ccc(-c2ccc3ccccc3c2)c(-c2ccc(-c3c4ccccc4c(-c4ccc5sc6c7ccccc7ccc6c5c4)c4ccccc34)cc2)c1. The fourth-order valence-corrected chi connectivity index (χ4v) is 9.79. The number of hydrogen-bond acceptors (Lipinski definition) is 1. The second kappa shape index (κ2) is 12.0. The Morgan fingerprint density at radius 3 is 1.45 bits per heavy atom. The molecule has 10 aromatic carbocycles. The number of rotatable bonds is 4. The molecule has 0 radical (unpaired) electrons. The van der Waals surface area contributed by atoms with Gasteiger partial charge in [0.25, 0.3) is 0 Å². The highest BCUT2D eigenvalue weighted by molar-refractivity contribution is 7.26. The van der Waals surface area contributed by atoms with Crippen LogP contribution in [0.3, 0.4) is 0 Å². The van der Waals surface area contributed by atoms with Gasteiger partial charge in [-0.15, -0.1) is 11.3 Å². The van der Waals surface area contributed by atoms with Crippen molar-refractivity contribution in [3.05, 3.63) is 194 Å². The van der Waals surface area contributed by atoms with E-state index in [1.54, 1.807) is 0 Å². The van der Waals surface area contributed by atoms with Gasteiger partial charge in [0.1, 0.15) is 0 Å². The molecule has 0 saturated heterocycles. The van der Waals surface area contributed by atoms with Gasteiger partial charge in [-0.2, -0.15) is 0 Å². The van der Waals surface area contributed by atoms with E-state index in [-0.39, 0.29) is 0 Å². The summed E-state index contributed by atoms with van der Waals surface area (Å²) in [7, 11) is 0. The summed E-state index contributed by atoms with van der Waals surface area (Å²) < 4.78 is 2.69. The molecule has 0 N–H and O–H groups in total. The summed E-state index contributed by atoms with van der Waals surface area (Å²) in [6.45, 7) is 0. The summed E-state index contributed by atoms with van der Waals surface area (Å²) in [4.78, 5) is 0. The predicted molar refractivity (Wildman–Crippen MR) is 231 cm³/mol. The van der Waals surface area contributed by atoms with Crippen molar-refractivity contribution in [2.24, 2.45) is 0 Å². The van der Waals surface area contributed by atoms with Crippen molar-refractivity contribution in [3.63, 3.8) is 0 Å². The van der Waals surface area contributed by atoms with E-state index in [2.05, 4.69) is 194 Å². The average Bonchev–Trinajstić information content (AvgIpc) is 3.61. The van der Waals surface area contributed by atoms with Gasteiger partial charge in [0.05, 0.1) is 0 Å². The molecule has 0 bridgehead atoms. The van der Waals surface area contributed by atoms with E-state index in [0.29, 0.717) is 0 Å². The minimum absolute atomic E-state index is 1.21. The zero-order valence-corrected chi connectivity index (χ0v) is 29.7. The highest BCUT2D eigenvalue weighted by Crippen LogP contribution is 2.46. The maximum absolute atomic E-state index is 2.43. The van der Waals surface area contributed by atoms with Gasteiger partial charge in [-0.3, -0.25) is 0 Å². The molecule has 1 heteroatoms. The third-order valence-electron chi connectivity index (χ3n) is 11.1. The lowest BCUT2D eigenvalue weighted by atomic mass is 9.85. The standard InChI is InChI=1S/C52H32S/c1-2-13-37-31-38(26-21-33(37)11-1)41-15-6-5-14-40(41)35-22-24-36(25-23-35)50-43-17-7-9-19-45(43)51(46-20-10-8-18-44(46)50)39-28-30-49-48(32-39)47-29-27-34-12-3-4-16-42(34)52(47)53-49/h1-32H. The highest BCUT2D eigenvalue weighted by atomic mass is 32.1. The molecule has 0 aliphatic rings. The molecular weight excluding hydrogens is 657 g/mol. The molecule has 0 nitrogen and oxygen atoms in total. The third-order valence-corrected chi connectivity index (χ3v) is 12.3. The molecule has 11 aromatic rings. The van der Waals surface area contributed by atoms with Crippen LogP contribution in [0.4, 0.5) is 0 Å². The normalized spacial score (nSPS) is 11.8. The molecule has 1 heterocycles. The molecule has 0 amide bonds. The summed E-state index contributed by atoms with van der Waals surface area (Å²) >= 11 is 1.90. The van der Waals surface area contributed by atoms with Crippen LogP contribution >= 0.6 is 11.3 Å². The Hall–Kier alpha value is -6.54. The molecule has 11 rings (SSSR count). The molecule has 0 atom stereocenters. The smallest absolute Gasteiger partial charge is 0.0433 e. The van der Waals surface area contributed by atoms with E-state index >= 15 is 0 Å². The number of hydrogen-bond donors (Lipinski definition) is 0. The van der Waals surface area contributed by atoms with E-state index in [1.165, 1.54) is 108 Å². The zero-order chi connectivity index (χ0) is 34.9. The lowest BCUT2D eigenvalue weighted by Gasteiger charge is -2.18. The van der Waals surface area contributed by atoms with Crippen LogP contribution < -0.4 is 0 Å². The Kier molecular flexibility index (Phi) is 6.83. The van der Waals surface area contributed by atoms with Gasteiger partial charge in [-0.05, 0) is 106 Å². The first-order chi connectivity index (χ1) is 26.3. The van der Waals surface area contributed by atoms with Crippen LogP contribution in [0.5, 0.6) is 0 Å². The van der Waals surface area contributed by atoms with Crippen molar-refractivity contribution in [1.82, 2.24) is 0 Å². The van der Waals surface area contributed by atoms with Gasteiger partial charge < -0.3 is 0 Å². The fourth-order valence-electron chi connectivity index (χ4n) is 8.57. The average molecular weight is 689 g/mol. The Balaban J connectivity index is 1.07. The number of fused-ring (bicyclic) bond motifs is 8. The molecule has 1 aromatic heterocycles. The summed E-state index contributed by atoms with van der Waals surface area (Å²) in [5.41, 5.74) is 9.99. The quantitative estimate of drug-likeness (QED) is 0.162. The van der Waals surface area contributed by atoms with Crippen LogP contribution in [-0.4, -0.2) is 0 Å². The first-order valence-electron chi connectivity index (χ1n) is 18.3. The predicted octanol–water partition coefficient (Wildman–Crippen LogP) is 15.3. The zero-order valence-electron chi connectivity index (χ0n) is 28.9. The summed E-state index contributed by atoms with van der Waals surface area (Å²) in [6, 6.07) is 71.7. The maximum Gasteiger partial charge on any atom is 0.0433 e. The molecule has 0 unspecified atom stereocenters. The van der Waals surface area contributed by atoms with E-state index in [9.17, 15) is 0 Å². The van der Waals surface area contributed by atoms with E-state index in [1.807, 2.05) is 11.3 Å². The van der Waals surface area contributed by atoms with Crippen LogP contribution in [0.2, 0.25) is 0 Å². The Morgan fingerprint density at radius 2 is 0.755 bits per heavy atom. The lowest BCUT2D eigenvalue weighted by Crippen LogP contribution is -1.91. The summed E-state index contributed by atoms with van der Waals surface area (Å²) in [6.07, 6.45) is 0. The van der Waals surface area contributed by atoms with Crippen LogP contribution in [-0.2, 0) is 0 Å². The van der Waals surface area contributed by atoms with Crippen molar-refractivity contribution >= 4 is 74.6 Å². The summed E-state index contributed by atoms with van der Waals surface area (Å²) in [5.74, 6) is 0. The molecular formula is C52H32S. The molecule has 0 aliphatic heterocycles. The first-order valence-corrected chi connectivity index (χ1v) is 19.1. The Bertz CT molecular complexity index is 3160. The maximum atomic E-state index is 2.43. The van der Waals surface area contributed by atoms with Gasteiger partial charge in [0.15, 0.2) is 0 Å². The summed E-state index contributed by atoms with van der Waals surface area (Å²) in [5, 5.41) is 12.9. The third kappa shape index (κ3) is 4.82. The first kappa shape index (κ1) is 30.1.